The van der Waals surface area contributed by atoms with Crippen LogP contribution in [0.15, 0.2) is 47.4 Å². The van der Waals surface area contributed by atoms with Crippen molar-refractivity contribution in [1.29, 1.82) is 0 Å². The Morgan fingerprint density at radius 3 is 2.52 bits per heavy atom. The molecule has 144 valence electrons. The first kappa shape index (κ1) is 19.2. The lowest BCUT2D eigenvalue weighted by atomic mass is 9.86. The lowest BCUT2D eigenvalue weighted by Gasteiger charge is -2.29. The van der Waals surface area contributed by atoms with E-state index in [1.54, 1.807) is 18.2 Å². The van der Waals surface area contributed by atoms with Crippen LogP contribution < -0.4 is 14.4 Å². The fourth-order valence-electron chi connectivity index (χ4n) is 3.12. The molecular formula is C20H24N2O4S. The lowest BCUT2D eigenvalue weighted by molar-refractivity contribution is -0.116. The molecule has 0 spiro atoms. The van der Waals surface area contributed by atoms with E-state index in [9.17, 15) is 13.2 Å². The van der Waals surface area contributed by atoms with E-state index in [-0.39, 0.29) is 16.2 Å². The van der Waals surface area contributed by atoms with Crippen LogP contribution in [-0.4, -0.2) is 27.5 Å². The second-order valence-corrected chi connectivity index (χ2v) is 9.23. The van der Waals surface area contributed by atoms with Crippen LogP contribution >= 0.6 is 0 Å². The summed E-state index contributed by atoms with van der Waals surface area (Å²) in [5.41, 5.74) is 1.71. The third-order valence-electron chi connectivity index (χ3n) is 4.46. The van der Waals surface area contributed by atoms with Crippen molar-refractivity contribution in [1.82, 2.24) is 0 Å². The third-order valence-corrected chi connectivity index (χ3v) is 5.83. The number of para-hydroxylation sites is 1. The molecule has 1 heterocycles. The van der Waals surface area contributed by atoms with Crippen LogP contribution in [0.25, 0.3) is 0 Å². The molecular weight excluding hydrogens is 364 g/mol. The van der Waals surface area contributed by atoms with E-state index < -0.39 is 10.0 Å². The molecule has 0 bridgehead atoms. The van der Waals surface area contributed by atoms with Crippen LogP contribution in [-0.2, 0) is 20.2 Å². The Labute approximate surface area is 160 Å². The second kappa shape index (κ2) is 6.88. The van der Waals surface area contributed by atoms with Gasteiger partial charge in [-0.2, -0.15) is 0 Å². The number of amides is 1. The maximum Gasteiger partial charge on any atom is 0.261 e. The smallest absolute Gasteiger partial charge is 0.261 e. The standard InChI is InChI=1S/C20H24N2O4S/c1-14(23)22-11-12-26-19-10-9-15(13-18(19)22)27(24,25)21-17-8-6-5-7-16(17)20(2,3)4/h5-10,13,21H,11-12H2,1-4H3. The van der Waals surface area contributed by atoms with E-state index in [0.717, 1.165) is 5.56 Å². The maximum absolute atomic E-state index is 13.0. The first-order valence-electron chi connectivity index (χ1n) is 8.77. The van der Waals surface area contributed by atoms with Crippen LogP contribution in [0.1, 0.15) is 33.3 Å². The Morgan fingerprint density at radius 1 is 1.15 bits per heavy atom. The molecule has 1 N–H and O–H groups in total. The van der Waals surface area contributed by atoms with Gasteiger partial charge >= 0.3 is 0 Å². The summed E-state index contributed by atoms with van der Waals surface area (Å²) in [6, 6.07) is 11.9. The number of benzene rings is 2. The minimum absolute atomic E-state index is 0.0849. The van der Waals surface area contributed by atoms with E-state index in [2.05, 4.69) is 4.72 Å². The summed E-state index contributed by atoms with van der Waals surface area (Å²) in [5.74, 6) is 0.352. The minimum Gasteiger partial charge on any atom is -0.490 e. The SMILES string of the molecule is CC(=O)N1CCOc2ccc(S(=O)(=O)Nc3ccccc3C(C)(C)C)cc21. The number of ether oxygens (including phenoxy) is 1. The molecule has 1 amide bonds. The normalized spacial score (nSPS) is 14.3. The van der Waals surface area contributed by atoms with E-state index >= 15 is 0 Å². The number of anilines is 2. The van der Waals surface area contributed by atoms with E-state index in [4.69, 9.17) is 4.74 Å². The van der Waals surface area contributed by atoms with Gasteiger partial charge in [0.05, 0.1) is 22.8 Å². The van der Waals surface area contributed by atoms with Gasteiger partial charge in [-0.3, -0.25) is 9.52 Å². The molecule has 0 radical (unpaired) electrons. The summed E-state index contributed by atoms with van der Waals surface area (Å²) in [5, 5.41) is 0. The Balaban J connectivity index is 2.00. The zero-order chi connectivity index (χ0) is 19.8. The number of nitrogens with zero attached hydrogens (tertiary/aromatic N) is 1. The van der Waals surface area contributed by atoms with Gasteiger partial charge in [0, 0.05) is 6.92 Å². The van der Waals surface area contributed by atoms with Gasteiger partial charge in [-0.15, -0.1) is 0 Å². The van der Waals surface area contributed by atoms with Crippen molar-refractivity contribution < 1.29 is 17.9 Å². The molecule has 2 aromatic rings. The molecule has 0 unspecified atom stereocenters. The molecule has 6 nitrogen and oxygen atoms in total. The first-order valence-corrected chi connectivity index (χ1v) is 10.3. The van der Waals surface area contributed by atoms with Crippen LogP contribution in [0.2, 0.25) is 0 Å². The summed E-state index contributed by atoms with van der Waals surface area (Å²) in [7, 11) is -3.82. The summed E-state index contributed by atoms with van der Waals surface area (Å²) < 4.78 is 34.2. The monoisotopic (exact) mass is 388 g/mol. The predicted molar refractivity (Wildman–Crippen MR) is 106 cm³/mol. The fraction of sp³-hybridized carbons (Fsp3) is 0.350. The quantitative estimate of drug-likeness (QED) is 0.873. The van der Waals surface area contributed by atoms with Gasteiger partial charge < -0.3 is 9.64 Å². The number of carbonyl (C=O) groups excluding carboxylic acids is 1. The number of sulfonamides is 1. The topological polar surface area (TPSA) is 75.7 Å². The third kappa shape index (κ3) is 3.93. The van der Waals surface area contributed by atoms with Gasteiger partial charge in [-0.1, -0.05) is 39.0 Å². The first-order chi connectivity index (χ1) is 12.6. The second-order valence-electron chi connectivity index (χ2n) is 7.55. The number of hydrogen-bond donors (Lipinski definition) is 1. The van der Waals surface area contributed by atoms with Gasteiger partial charge in [-0.25, -0.2) is 8.42 Å². The van der Waals surface area contributed by atoms with Crippen molar-refractivity contribution in [3.8, 4) is 5.75 Å². The summed E-state index contributed by atoms with van der Waals surface area (Å²) in [4.78, 5) is 13.5. The summed E-state index contributed by atoms with van der Waals surface area (Å²) in [6.07, 6.45) is 0. The van der Waals surface area contributed by atoms with Crippen molar-refractivity contribution in [2.24, 2.45) is 0 Å². The van der Waals surface area contributed by atoms with E-state index in [0.29, 0.717) is 30.3 Å². The highest BCUT2D eigenvalue weighted by Gasteiger charge is 2.26. The Bertz CT molecular complexity index is 978. The highest BCUT2D eigenvalue weighted by Crippen LogP contribution is 2.35. The lowest BCUT2D eigenvalue weighted by Crippen LogP contribution is -2.36. The predicted octanol–water partition coefficient (Wildman–Crippen LogP) is 3.53. The van der Waals surface area contributed by atoms with Crippen LogP contribution in [0.3, 0.4) is 0 Å². The highest BCUT2D eigenvalue weighted by molar-refractivity contribution is 7.92. The molecule has 1 aliphatic heterocycles. The van der Waals surface area contributed by atoms with Crippen molar-refractivity contribution in [3.05, 3.63) is 48.0 Å². The van der Waals surface area contributed by atoms with Crippen molar-refractivity contribution in [2.45, 2.75) is 38.0 Å². The minimum atomic E-state index is -3.82. The molecule has 1 aliphatic rings. The largest absolute Gasteiger partial charge is 0.490 e. The molecule has 3 rings (SSSR count). The van der Waals surface area contributed by atoms with Gasteiger partial charge in [0.15, 0.2) is 0 Å². The molecule has 0 saturated heterocycles. The number of rotatable bonds is 3. The molecule has 0 aliphatic carbocycles. The number of nitrogens with one attached hydrogen (secondary N) is 1. The molecule has 7 heteroatoms. The Morgan fingerprint density at radius 2 is 1.85 bits per heavy atom. The zero-order valence-electron chi connectivity index (χ0n) is 15.9. The molecule has 0 fully saturated rings. The van der Waals surface area contributed by atoms with Gasteiger partial charge in [-0.05, 0) is 35.2 Å². The Hall–Kier alpha value is -2.54. The van der Waals surface area contributed by atoms with Gasteiger partial charge in [0.1, 0.15) is 12.4 Å². The van der Waals surface area contributed by atoms with Crippen LogP contribution in [0.4, 0.5) is 11.4 Å². The fourth-order valence-corrected chi connectivity index (χ4v) is 4.22. The number of carbonyl (C=O) groups is 1. The van der Waals surface area contributed by atoms with Crippen LogP contribution in [0, 0.1) is 0 Å². The summed E-state index contributed by atoms with van der Waals surface area (Å²) in [6.45, 7) is 8.32. The van der Waals surface area contributed by atoms with Gasteiger partial charge in [0.2, 0.25) is 5.91 Å². The van der Waals surface area contributed by atoms with Crippen molar-refractivity contribution in [2.75, 3.05) is 22.8 Å². The highest BCUT2D eigenvalue weighted by atomic mass is 32.2. The average Bonchev–Trinajstić information content (AvgIpc) is 2.59. The average molecular weight is 388 g/mol. The molecule has 2 aromatic carbocycles. The summed E-state index contributed by atoms with van der Waals surface area (Å²) >= 11 is 0. The maximum atomic E-state index is 13.0. The molecule has 27 heavy (non-hydrogen) atoms. The molecule has 0 atom stereocenters. The van der Waals surface area contributed by atoms with Gasteiger partial charge in [0.25, 0.3) is 10.0 Å². The van der Waals surface area contributed by atoms with E-state index in [1.807, 2.05) is 32.9 Å². The van der Waals surface area contributed by atoms with E-state index in [1.165, 1.54) is 24.0 Å². The Kier molecular flexibility index (Phi) is 4.90. The number of fused-ring (bicyclic) bond motifs is 1. The number of hydrogen-bond acceptors (Lipinski definition) is 4. The molecule has 0 aromatic heterocycles. The van der Waals surface area contributed by atoms with Crippen molar-refractivity contribution in [3.63, 3.8) is 0 Å². The molecule has 0 saturated carbocycles. The van der Waals surface area contributed by atoms with Crippen molar-refractivity contribution >= 4 is 27.3 Å². The zero-order valence-corrected chi connectivity index (χ0v) is 16.8. The van der Waals surface area contributed by atoms with Crippen LogP contribution in [0.5, 0.6) is 5.75 Å².